The maximum Gasteiger partial charge on any atom is 0.123 e. The highest BCUT2D eigenvalue weighted by Crippen LogP contribution is 2.46. The Kier molecular flexibility index (Phi) is 3.83. The predicted octanol–water partition coefficient (Wildman–Crippen LogP) is 4.14. The lowest BCUT2D eigenvalue weighted by atomic mass is 9.92. The number of fused-ring (bicyclic) bond motifs is 1. The van der Waals surface area contributed by atoms with Gasteiger partial charge in [0.05, 0.1) is 5.69 Å². The molecule has 1 atom stereocenters. The molecule has 1 unspecified atom stereocenters. The number of nitrogens with zero attached hydrogens (tertiary/aromatic N) is 1. The van der Waals surface area contributed by atoms with Crippen LogP contribution in [0.3, 0.4) is 0 Å². The number of allylic oxidation sites excluding steroid dienone is 1. The summed E-state index contributed by atoms with van der Waals surface area (Å²) >= 11 is 0. The van der Waals surface area contributed by atoms with Gasteiger partial charge in [0, 0.05) is 18.2 Å². The van der Waals surface area contributed by atoms with E-state index in [0.29, 0.717) is 6.42 Å². The Bertz CT molecular complexity index is 744. The molecule has 1 heterocycles. The van der Waals surface area contributed by atoms with Gasteiger partial charge in [0.15, 0.2) is 0 Å². The summed E-state index contributed by atoms with van der Waals surface area (Å²) in [6, 6.07) is 9.08. The fourth-order valence-electron chi connectivity index (χ4n) is 3.51. The number of aryl methyl sites for hydroxylation is 2. The first-order valence-electron chi connectivity index (χ1n) is 7.56. The largest absolute Gasteiger partial charge is 0.396 e. The van der Waals surface area contributed by atoms with E-state index in [4.69, 9.17) is 4.98 Å². The first-order chi connectivity index (χ1) is 10.5. The third kappa shape index (κ3) is 2.46. The van der Waals surface area contributed by atoms with Crippen LogP contribution >= 0.6 is 0 Å². The topological polar surface area (TPSA) is 33.1 Å². The standard InChI is InChI=1S/C19H20FNO/c1-11-8-12(2)21-18(9-11)19-13(3)15(6-7-22)17-10-14(20)4-5-16(17)19/h4-5,8-10,19,22H,6-7H2,1-3H3. The molecule has 1 N–H and O–H groups in total. The molecular formula is C19H20FNO. The van der Waals surface area contributed by atoms with Gasteiger partial charge in [-0.05, 0) is 73.7 Å². The summed E-state index contributed by atoms with van der Waals surface area (Å²) in [4.78, 5) is 4.69. The third-order valence-corrected chi connectivity index (χ3v) is 4.34. The molecular weight excluding hydrogens is 277 g/mol. The van der Waals surface area contributed by atoms with Crippen LogP contribution in [0, 0.1) is 19.7 Å². The van der Waals surface area contributed by atoms with Crippen molar-refractivity contribution in [2.45, 2.75) is 33.1 Å². The zero-order chi connectivity index (χ0) is 15.9. The molecule has 0 bridgehead atoms. The van der Waals surface area contributed by atoms with E-state index in [-0.39, 0.29) is 18.3 Å². The Labute approximate surface area is 130 Å². The smallest absolute Gasteiger partial charge is 0.123 e. The highest BCUT2D eigenvalue weighted by molar-refractivity contribution is 5.79. The second-order valence-electron chi connectivity index (χ2n) is 6.01. The van der Waals surface area contributed by atoms with E-state index in [9.17, 15) is 9.50 Å². The van der Waals surface area contributed by atoms with Gasteiger partial charge < -0.3 is 5.11 Å². The zero-order valence-electron chi connectivity index (χ0n) is 13.2. The fraction of sp³-hybridized carbons (Fsp3) is 0.316. The maximum absolute atomic E-state index is 13.7. The Balaban J connectivity index is 2.20. The third-order valence-electron chi connectivity index (χ3n) is 4.34. The van der Waals surface area contributed by atoms with Crippen molar-refractivity contribution in [1.82, 2.24) is 4.98 Å². The molecule has 1 aromatic carbocycles. The van der Waals surface area contributed by atoms with Gasteiger partial charge in [0.2, 0.25) is 0 Å². The van der Waals surface area contributed by atoms with Crippen molar-refractivity contribution < 1.29 is 9.50 Å². The highest BCUT2D eigenvalue weighted by Gasteiger charge is 2.30. The minimum absolute atomic E-state index is 0.0516. The molecule has 22 heavy (non-hydrogen) atoms. The highest BCUT2D eigenvalue weighted by atomic mass is 19.1. The van der Waals surface area contributed by atoms with Gasteiger partial charge in [-0.3, -0.25) is 4.98 Å². The van der Waals surface area contributed by atoms with Crippen LogP contribution in [0.4, 0.5) is 4.39 Å². The van der Waals surface area contributed by atoms with Gasteiger partial charge in [0.1, 0.15) is 5.82 Å². The molecule has 0 saturated heterocycles. The number of hydrogen-bond acceptors (Lipinski definition) is 2. The van der Waals surface area contributed by atoms with Gasteiger partial charge >= 0.3 is 0 Å². The van der Waals surface area contributed by atoms with Crippen molar-refractivity contribution in [2.75, 3.05) is 6.61 Å². The van der Waals surface area contributed by atoms with Crippen molar-refractivity contribution in [2.24, 2.45) is 0 Å². The molecule has 0 spiro atoms. The number of rotatable bonds is 3. The van der Waals surface area contributed by atoms with Crippen molar-refractivity contribution in [3.05, 3.63) is 69.8 Å². The lowest BCUT2D eigenvalue weighted by Crippen LogP contribution is -2.04. The second kappa shape index (κ2) is 5.65. The second-order valence-corrected chi connectivity index (χ2v) is 6.01. The van der Waals surface area contributed by atoms with Crippen LogP contribution < -0.4 is 0 Å². The van der Waals surface area contributed by atoms with E-state index in [1.54, 1.807) is 6.07 Å². The van der Waals surface area contributed by atoms with E-state index in [1.807, 2.05) is 13.0 Å². The molecule has 1 aliphatic rings. The lowest BCUT2D eigenvalue weighted by molar-refractivity contribution is 0.305. The predicted molar refractivity (Wildman–Crippen MR) is 86.3 cm³/mol. The number of aliphatic hydroxyl groups is 1. The number of hydrogen-bond donors (Lipinski definition) is 1. The zero-order valence-corrected chi connectivity index (χ0v) is 13.2. The summed E-state index contributed by atoms with van der Waals surface area (Å²) in [5, 5.41) is 9.34. The summed E-state index contributed by atoms with van der Waals surface area (Å²) in [7, 11) is 0. The Hall–Kier alpha value is -2.00. The summed E-state index contributed by atoms with van der Waals surface area (Å²) in [5.74, 6) is -0.188. The monoisotopic (exact) mass is 297 g/mol. The Morgan fingerprint density at radius 3 is 2.59 bits per heavy atom. The van der Waals surface area contributed by atoms with Gasteiger partial charge in [0.25, 0.3) is 0 Å². The molecule has 0 aliphatic heterocycles. The molecule has 0 radical (unpaired) electrons. The molecule has 0 saturated carbocycles. The number of aromatic nitrogens is 1. The molecule has 114 valence electrons. The Morgan fingerprint density at radius 2 is 1.91 bits per heavy atom. The van der Waals surface area contributed by atoms with Gasteiger partial charge in [-0.15, -0.1) is 0 Å². The minimum atomic E-state index is -0.240. The molecule has 0 fully saturated rings. The summed E-state index contributed by atoms with van der Waals surface area (Å²) in [6.07, 6.45) is 0.545. The van der Waals surface area contributed by atoms with E-state index >= 15 is 0 Å². The Morgan fingerprint density at radius 1 is 1.14 bits per heavy atom. The van der Waals surface area contributed by atoms with E-state index in [2.05, 4.69) is 26.0 Å². The van der Waals surface area contributed by atoms with Gasteiger partial charge in [-0.2, -0.15) is 0 Å². The maximum atomic E-state index is 13.7. The molecule has 0 amide bonds. The molecule has 2 aromatic rings. The molecule has 3 heteroatoms. The fourth-order valence-corrected chi connectivity index (χ4v) is 3.51. The molecule has 3 rings (SSSR count). The van der Waals surface area contributed by atoms with Crippen LogP contribution in [0.5, 0.6) is 0 Å². The summed E-state index contributed by atoms with van der Waals surface area (Å²) < 4.78 is 13.7. The molecule has 1 aliphatic carbocycles. The lowest BCUT2D eigenvalue weighted by Gasteiger charge is -2.15. The average Bonchev–Trinajstić information content (AvgIpc) is 2.71. The van der Waals surface area contributed by atoms with Crippen LogP contribution in [-0.2, 0) is 0 Å². The van der Waals surface area contributed by atoms with Crippen LogP contribution in [-0.4, -0.2) is 16.7 Å². The van der Waals surface area contributed by atoms with E-state index < -0.39 is 0 Å². The van der Waals surface area contributed by atoms with Gasteiger partial charge in [-0.1, -0.05) is 11.6 Å². The molecule has 2 nitrogen and oxygen atoms in total. The summed E-state index contributed by atoms with van der Waals surface area (Å²) in [5.41, 5.74) is 7.36. The number of pyridine rings is 1. The van der Waals surface area contributed by atoms with Gasteiger partial charge in [-0.25, -0.2) is 4.39 Å². The van der Waals surface area contributed by atoms with Crippen LogP contribution in [0.25, 0.3) is 5.57 Å². The molecule has 1 aromatic heterocycles. The minimum Gasteiger partial charge on any atom is -0.396 e. The first kappa shape index (κ1) is 14.9. The summed E-state index contributed by atoms with van der Waals surface area (Å²) in [6.45, 7) is 6.18. The normalized spacial score (nSPS) is 17.0. The van der Waals surface area contributed by atoms with Crippen LogP contribution in [0.1, 0.15) is 47.3 Å². The van der Waals surface area contributed by atoms with Crippen molar-refractivity contribution in [3.8, 4) is 0 Å². The van der Waals surface area contributed by atoms with Crippen molar-refractivity contribution >= 4 is 5.57 Å². The van der Waals surface area contributed by atoms with E-state index in [0.717, 1.165) is 33.7 Å². The number of aliphatic hydroxyl groups excluding tert-OH is 1. The van der Waals surface area contributed by atoms with Crippen molar-refractivity contribution in [1.29, 1.82) is 0 Å². The van der Waals surface area contributed by atoms with E-state index in [1.165, 1.54) is 11.6 Å². The number of benzene rings is 1. The SMILES string of the molecule is CC1=C(CCO)c2cc(F)ccc2C1c1cc(C)cc(C)n1. The average molecular weight is 297 g/mol. The number of halogens is 1. The van der Waals surface area contributed by atoms with Crippen molar-refractivity contribution in [3.63, 3.8) is 0 Å². The quantitative estimate of drug-likeness (QED) is 0.923. The van der Waals surface area contributed by atoms with Crippen LogP contribution in [0.2, 0.25) is 0 Å². The van der Waals surface area contributed by atoms with Crippen LogP contribution in [0.15, 0.2) is 35.9 Å². The first-order valence-corrected chi connectivity index (χ1v) is 7.56.